The summed E-state index contributed by atoms with van der Waals surface area (Å²) in [5, 5.41) is 2.63. The first-order valence-corrected chi connectivity index (χ1v) is 6.32. The van der Waals surface area contributed by atoms with Crippen LogP contribution in [-0.4, -0.2) is 0 Å². The monoisotopic (exact) mass is 292 g/mol. The maximum absolute atomic E-state index is 11.3. The minimum Gasteiger partial charge on any atom is -0.460 e. The van der Waals surface area contributed by atoms with Gasteiger partial charge in [-0.15, -0.1) is 0 Å². The van der Waals surface area contributed by atoms with Gasteiger partial charge >= 0.3 is 5.63 Å². The number of hydrogen-bond donors (Lipinski definition) is 0. The maximum atomic E-state index is 11.3. The molecule has 0 bridgehead atoms. The van der Waals surface area contributed by atoms with Gasteiger partial charge in [0.15, 0.2) is 0 Å². The fourth-order valence-electron chi connectivity index (χ4n) is 1.97. The molecule has 2 heterocycles. The molecule has 0 fully saturated rings. The highest BCUT2D eigenvalue weighted by atomic mass is 79.9. The second-order valence-corrected chi connectivity index (χ2v) is 4.54. The molecule has 0 aliphatic heterocycles. The van der Waals surface area contributed by atoms with Gasteiger partial charge in [0.2, 0.25) is 0 Å². The topological polar surface area (TPSA) is 43.4 Å². The van der Waals surface area contributed by atoms with Crippen LogP contribution in [0.1, 0.15) is 11.3 Å². The van der Waals surface area contributed by atoms with E-state index in [1.165, 1.54) is 6.07 Å². The van der Waals surface area contributed by atoms with Crippen LogP contribution in [0.15, 0.2) is 37.9 Å². The third-order valence-electron chi connectivity index (χ3n) is 2.77. The molecule has 0 amide bonds. The van der Waals surface area contributed by atoms with E-state index < -0.39 is 0 Å². The lowest BCUT2D eigenvalue weighted by Crippen LogP contribution is -1.97. The first-order chi connectivity index (χ1) is 8.17. The minimum absolute atomic E-state index is 0.332. The third kappa shape index (κ3) is 1.69. The summed E-state index contributed by atoms with van der Waals surface area (Å²) in [7, 11) is 0. The normalized spacial score (nSPS) is 11.4. The molecule has 2 aromatic heterocycles. The largest absolute Gasteiger partial charge is 0.460 e. The molecule has 0 aliphatic carbocycles. The van der Waals surface area contributed by atoms with E-state index in [9.17, 15) is 4.79 Å². The van der Waals surface area contributed by atoms with E-state index in [0.717, 1.165) is 27.7 Å². The molecular weight excluding hydrogens is 284 g/mol. The quantitative estimate of drug-likeness (QED) is 0.507. The van der Waals surface area contributed by atoms with Crippen molar-refractivity contribution in [3.05, 3.63) is 46.0 Å². The van der Waals surface area contributed by atoms with Gasteiger partial charge in [0.05, 0.1) is 5.33 Å². The highest BCUT2D eigenvalue weighted by molar-refractivity contribution is 9.08. The predicted molar refractivity (Wildman–Crippen MR) is 69.6 cm³/mol. The Morgan fingerprint density at radius 3 is 2.71 bits per heavy atom. The molecule has 3 aromatic rings. The second kappa shape index (κ2) is 3.74. The summed E-state index contributed by atoms with van der Waals surface area (Å²) < 4.78 is 10.8. The number of alkyl halides is 1. The molecule has 0 unspecified atom stereocenters. The number of fused-ring (bicyclic) bond motifs is 2. The van der Waals surface area contributed by atoms with Crippen LogP contribution in [0.25, 0.3) is 21.9 Å². The number of hydrogen-bond acceptors (Lipinski definition) is 3. The summed E-state index contributed by atoms with van der Waals surface area (Å²) >= 11 is 3.35. The summed E-state index contributed by atoms with van der Waals surface area (Å²) in [4.78, 5) is 11.3. The van der Waals surface area contributed by atoms with E-state index in [-0.39, 0.29) is 5.63 Å². The van der Waals surface area contributed by atoms with Crippen molar-refractivity contribution >= 4 is 37.9 Å². The van der Waals surface area contributed by atoms with Crippen LogP contribution in [0.3, 0.4) is 0 Å². The highest BCUT2D eigenvalue weighted by Crippen LogP contribution is 2.27. The molecule has 0 aliphatic rings. The van der Waals surface area contributed by atoms with Gasteiger partial charge in [-0.1, -0.05) is 15.9 Å². The van der Waals surface area contributed by atoms with Crippen LogP contribution in [-0.2, 0) is 5.33 Å². The molecule has 0 radical (unpaired) electrons. The van der Waals surface area contributed by atoms with Gasteiger partial charge in [0.1, 0.15) is 16.9 Å². The first kappa shape index (κ1) is 10.6. The lowest BCUT2D eigenvalue weighted by molar-refractivity contribution is 0.554. The lowest BCUT2D eigenvalue weighted by atomic mass is 10.1. The van der Waals surface area contributed by atoms with E-state index in [1.807, 2.05) is 19.1 Å². The molecule has 1 aromatic carbocycles. The van der Waals surface area contributed by atoms with Crippen molar-refractivity contribution in [2.24, 2.45) is 0 Å². The van der Waals surface area contributed by atoms with Crippen molar-refractivity contribution in [2.75, 3.05) is 0 Å². The van der Waals surface area contributed by atoms with Gasteiger partial charge in [-0.3, -0.25) is 0 Å². The van der Waals surface area contributed by atoms with Crippen molar-refractivity contribution in [1.29, 1.82) is 0 Å². The van der Waals surface area contributed by atoms with Gasteiger partial charge in [-0.25, -0.2) is 4.79 Å². The Bertz CT molecular complexity index is 767. The third-order valence-corrected chi connectivity index (χ3v) is 3.32. The second-order valence-electron chi connectivity index (χ2n) is 3.98. The fraction of sp³-hybridized carbons (Fsp3) is 0.154. The Kier molecular flexibility index (Phi) is 2.33. The Balaban J connectivity index is 2.45. The smallest absolute Gasteiger partial charge is 0.336 e. The van der Waals surface area contributed by atoms with E-state index in [4.69, 9.17) is 8.83 Å². The number of aryl methyl sites for hydroxylation is 1. The Morgan fingerprint density at radius 1 is 1.12 bits per heavy atom. The fourth-order valence-corrected chi connectivity index (χ4v) is 2.25. The van der Waals surface area contributed by atoms with Gasteiger partial charge in [0.25, 0.3) is 0 Å². The van der Waals surface area contributed by atoms with Crippen molar-refractivity contribution in [2.45, 2.75) is 12.3 Å². The van der Waals surface area contributed by atoms with E-state index >= 15 is 0 Å². The van der Waals surface area contributed by atoms with Crippen molar-refractivity contribution in [1.82, 2.24) is 0 Å². The Hall–Kier alpha value is -1.55. The van der Waals surface area contributed by atoms with Gasteiger partial charge in [-0.2, -0.15) is 0 Å². The molecule has 0 atom stereocenters. The van der Waals surface area contributed by atoms with E-state index in [2.05, 4.69) is 15.9 Å². The molecule has 17 heavy (non-hydrogen) atoms. The van der Waals surface area contributed by atoms with Crippen LogP contribution in [0, 0.1) is 6.92 Å². The van der Waals surface area contributed by atoms with Crippen molar-refractivity contribution < 1.29 is 8.83 Å². The van der Waals surface area contributed by atoms with Crippen LogP contribution >= 0.6 is 15.9 Å². The molecule has 3 nitrogen and oxygen atoms in total. The zero-order chi connectivity index (χ0) is 12.0. The summed E-state index contributed by atoms with van der Waals surface area (Å²) in [6, 6.07) is 7.23. The predicted octanol–water partition coefficient (Wildman–Crippen LogP) is 3.74. The molecular formula is C13H9BrO3. The molecule has 3 rings (SSSR count). The summed E-state index contributed by atoms with van der Waals surface area (Å²) in [5.74, 6) is 0.857. The molecule has 0 spiro atoms. The molecule has 0 N–H and O–H groups in total. The number of rotatable bonds is 1. The molecule has 4 heteroatoms. The molecule has 0 saturated carbocycles. The first-order valence-electron chi connectivity index (χ1n) is 5.20. The van der Waals surface area contributed by atoms with Crippen LogP contribution < -0.4 is 5.63 Å². The highest BCUT2D eigenvalue weighted by Gasteiger charge is 2.08. The number of benzene rings is 1. The molecule has 86 valence electrons. The maximum Gasteiger partial charge on any atom is 0.336 e. The number of halogens is 1. The Morgan fingerprint density at radius 2 is 1.94 bits per heavy atom. The van der Waals surface area contributed by atoms with Gasteiger partial charge in [0, 0.05) is 22.9 Å². The Labute approximate surface area is 105 Å². The van der Waals surface area contributed by atoms with Gasteiger partial charge < -0.3 is 8.83 Å². The summed E-state index contributed by atoms with van der Waals surface area (Å²) in [6.07, 6.45) is 0. The minimum atomic E-state index is -0.332. The molecule has 0 saturated heterocycles. The van der Waals surface area contributed by atoms with Gasteiger partial charge in [-0.05, 0) is 24.6 Å². The van der Waals surface area contributed by atoms with Crippen molar-refractivity contribution in [3.8, 4) is 0 Å². The SMILES string of the molecule is Cc1cc(=O)oc2cc3oc(CBr)cc3cc12. The van der Waals surface area contributed by atoms with Crippen LogP contribution in [0.2, 0.25) is 0 Å². The van der Waals surface area contributed by atoms with Crippen molar-refractivity contribution in [3.63, 3.8) is 0 Å². The zero-order valence-electron chi connectivity index (χ0n) is 9.12. The van der Waals surface area contributed by atoms with Crippen LogP contribution in [0.5, 0.6) is 0 Å². The lowest BCUT2D eigenvalue weighted by Gasteiger charge is -1.99. The zero-order valence-corrected chi connectivity index (χ0v) is 10.7. The summed E-state index contributed by atoms with van der Waals surface area (Å²) in [6.45, 7) is 1.90. The average molecular weight is 293 g/mol. The number of furan rings is 1. The summed E-state index contributed by atoms with van der Waals surface area (Å²) in [5.41, 5.74) is 1.89. The van der Waals surface area contributed by atoms with E-state index in [0.29, 0.717) is 10.9 Å². The standard InChI is InChI=1S/C13H9BrO3/c1-7-2-13(15)17-12-5-11-8(4-10(7)12)3-9(6-14)16-11/h2-5H,6H2,1H3. The van der Waals surface area contributed by atoms with Crippen LogP contribution in [0.4, 0.5) is 0 Å². The van der Waals surface area contributed by atoms with E-state index in [1.54, 1.807) is 6.07 Å². The average Bonchev–Trinajstić information content (AvgIpc) is 2.68.